The lowest BCUT2D eigenvalue weighted by Gasteiger charge is -2.27. The number of rotatable bonds is 6. The Morgan fingerprint density at radius 2 is 0.854 bits per heavy atom. The van der Waals surface area contributed by atoms with Gasteiger partial charge in [-0.25, -0.2) is 0 Å². The van der Waals surface area contributed by atoms with Crippen molar-refractivity contribution in [2.45, 2.75) is 0 Å². The van der Waals surface area contributed by atoms with Gasteiger partial charge in [-0.3, -0.25) is 0 Å². The maximum absolute atomic E-state index is 2.39. The van der Waals surface area contributed by atoms with Gasteiger partial charge in [-0.1, -0.05) is 146 Å². The van der Waals surface area contributed by atoms with Crippen molar-refractivity contribution in [3.05, 3.63) is 194 Å². The number of nitrogens with zero attached hydrogens (tertiary/aromatic N) is 2. The predicted octanol–water partition coefficient (Wildman–Crippen LogP) is 12.7. The summed E-state index contributed by atoms with van der Waals surface area (Å²) in [4.78, 5) is 2.39. The molecule has 48 heavy (non-hydrogen) atoms. The molecule has 0 radical (unpaired) electrons. The van der Waals surface area contributed by atoms with E-state index < -0.39 is 0 Å². The Labute approximate surface area is 280 Å². The van der Waals surface area contributed by atoms with E-state index in [-0.39, 0.29) is 0 Å². The second-order valence-corrected chi connectivity index (χ2v) is 12.2. The summed E-state index contributed by atoms with van der Waals surface area (Å²) < 4.78 is 2.37. The summed E-state index contributed by atoms with van der Waals surface area (Å²) in [6, 6.07) is 67.5. The SMILES string of the molecule is c1ccc(-c2ccc(N(c3ccc(-c4ccccc4)cc3)c3cccc4cc5c(-c6ccccc6)c6ccccc6n5cc34)cc2)cc1. The standard InChI is InChI=1S/C46H32N2/c1-4-13-33(14-5-1)35-23-27-39(28-24-35)48(40-29-25-36(26-30-40)34-15-6-2-7-16-34)44-22-12-19-38-31-45-46(37-17-8-3-9-18-37)41-20-10-11-21-43(41)47(45)32-42(38)44/h1-32H. The van der Waals surface area contributed by atoms with E-state index in [1.165, 1.54) is 60.6 Å². The van der Waals surface area contributed by atoms with Gasteiger partial charge in [0, 0.05) is 33.9 Å². The third-order valence-corrected chi connectivity index (χ3v) is 9.38. The summed E-state index contributed by atoms with van der Waals surface area (Å²) in [5, 5.41) is 3.64. The molecule has 0 aliphatic carbocycles. The molecule has 0 aliphatic rings. The van der Waals surface area contributed by atoms with Crippen molar-refractivity contribution in [1.82, 2.24) is 4.40 Å². The van der Waals surface area contributed by atoms with Crippen molar-refractivity contribution in [3.63, 3.8) is 0 Å². The van der Waals surface area contributed by atoms with Gasteiger partial charge in [0.15, 0.2) is 0 Å². The molecule has 0 saturated heterocycles. The van der Waals surface area contributed by atoms with Crippen LogP contribution in [0, 0.1) is 0 Å². The molecule has 2 nitrogen and oxygen atoms in total. The molecule has 0 bridgehead atoms. The first kappa shape index (κ1) is 27.9. The number of hydrogen-bond acceptors (Lipinski definition) is 1. The number of benzene rings is 7. The van der Waals surface area contributed by atoms with Gasteiger partial charge in [-0.15, -0.1) is 0 Å². The van der Waals surface area contributed by atoms with Crippen molar-refractivity contribution < 1.29 is 0 Å². The van der Waals surface area contributed by atoms with Crippen LogP contribution in [0.3, 0.4) is 0 Å². The fraction of sp³-hybridized carbons (Fsp3) is 0. The Morgan fingerprint density at radius 1 is 0.354 bits per heavy atom. The monoisotopic (exact) mass is 612 g/mol. The minimum atomic E-state index is 1.11. The van der Waals surface area contributed by atoms with Gasteiger partial charge in [-0.2, -0.15) is 0 Å². The normalized spacial score (nSPS) is 11.3. The lowest BCUT2D eigenvalue weighted by atomic mass is 10.0. The van der Waals surface area contributed by atoms with Crippen molar-refractivity contribution in [2.24, 2.45) is 0 Å². The molecule has 0 saturated carbocycles. The minimum Gasteiger partial charge on any atom is -0.315 e. The maximum Gasteiger partial charge on any atom is 0.0554 e. The van der Waals surface area contributed by atoms with Gasteiger partial charge in [0.25, 0.3) is 0 Å². The number of hydrogen-bond donors (Lipinski definition) is 0. The van der Waals surface area contributed by atoms with E-state index in [4.69, 9.17) is 0 Å². The molecule has 0 aliphatic heterocycles. The molecule has 226 valence electrons. The molecule has 2 heterocycles. The van der Waals surface area contributed by atoms with Gasteiger partial charge >= 0.3 is 0 Å². The Morgan fingerprint density at radius 3 is 1.44 bits per heavy atom. The summed E-state index contributed by atoms with van der Waals surface area (Å²) in [5.41, 5.74) is 13.1. The molecule has 7 aromatic carbocycles. The van der Waals surface area contributed by atoms with Crippen molar-refractivity contribution in [3.8, 4) is 33.4 Å². The Hall–Kier alpha value is -6.38. The van der Waals surface area contributed by atoms with E-state index in [9.17, 15) is 0 Å². The van der Waals surface area contributed by atoms with Crippen LogP contribution < -0.4 is 4.90 Å². The molecule has 0 unspecified atom stereocenters. The quantitative estimate of drug-likeness (QED) is 0.181. The average Bonchev–Trinajstić information content (AvgIpc) is 3.49. The molecule has 0 amide bonds. The van der Waals surface area contributed by atoms with Crippen LogP contribution in [0.5, 0.6) is 0 Å². The van der Waals surface area contributed by atoms with E-state index in [0.29, 0.717) is 0 Å². The predicted molar refractivity (Wildman–Crippen MR) is 203 cm³/mol. The van der Waals surface area contributed by atoms with Crippen LogP contribution >= 0.6 is 0 Å². The number of anilines is 3. The fourth-order valence-electron chi connectivity index (χ4n) is 7.07. The van der Waals surface area contributed by atoms with Crippen LogP contribution in [0.25, 0.3) is 60.6 Å². The molecular formula is C46H32N2. The molecule has 9 aromatic rings. The average molecular weight is 613 g/mol. The Kier molecular flexibility index (Phi) is 6.84. The molecule has 0 atom stereocenters. The highest BCUT2D eigenvalue weighted by atomic mass is 15.1. The van der Waals surface area contributed by atoms with Crippen LogP contribution in [0.1, 0.15) is 0 Å². The van der Waals surface area contributed by atoms with Crippen LogP contribution in [-0.2, 0) is 0 Å². The van der Waals surface area contributed by atoms with Gasteiger partial charge < -0.3 is 9.30 Å². The zero-order valence-corrected chi connectivity index (χ0v) is 26.4. The van der Waals surface area contributed by atoms with E-state index in [1.54, 1.807) is 0 Å². The van der Waals surface area contributed by atoms with E-state index in [2.05, 4.69) is 204 Å². The smallest absolute Gasteiger partial charge is 0.0554 e. The van der Waals surface area contributed by atoms with Crippen molar-refractivity contribution in [2.75, 3.05) is 4.90 Å². The number of fused-ring (bicyclic) bond motifs is 4. The van der Waals surface area contributed by atoms with Crippen LogP contribution in [-0.4, -0.2) is 4.40 Å². The highest BCUT2D eigenvalue weighted by Crippen LogP contribution is 2.43. The fourth-order valence-corrected chi connectivity index (χ4v) is 7.07. The lowest BCUT2D eigenvalue weighted by molar-refractivity contribution is 1.26. The second kappa shape index (κ2) is 11.8. The van der Waals surface area contributed by atoms with E-state index >= 15 is 0 Å². The van der Waals surface area contributed by atoms with Crippen LogP contribution in [0.2, 0.25) is 0 Å². The first-order valence-corrected chi connectivity index (χ1v) is 16.4. The van der Waals surface area contributed by atoms with E-state index in [0.717, 1.165) is 17.1 Å². The maximum atomic E-state index is 2.39. The first-order chi connectivity index (χ1) is 23.8. The number of pyridine rings is 1. The Balaban J connectivity index is 1.25. The van der Waals surface area contributed by atoms with E-state index in [1.807, 2.05) is 0 Å². The largest absolute Gasteiger partial charge is 0.315 e. The summed E-state index contributed by atoms with van der Waals surface area (Å²) >= 11 is 0. The first-order valence-electron chi connectivity index (χ1n) is 16.4. The molecule has 2 aromatic heterocycles. The molecule has 0 N–H and O–H groups in total. The second-order valence-electron chi connectivity index (χ2n) is 12.2. The molecular weight excluding hydrogens is 581 g/mol. The van der Waals surface area contributed by atoms with Gasteiger partial charge in [0.2, 0.25) is 0 Å². The topological polar surface area (TPSA) is 7.65 Å². The van der Waals surface area contributed by atoms with Gasteiger partial charge in [0.05, 0.1) is 16.7 Å². The summed E-state index contributed by atoms with van der Waals surface area (Å²) in [6.45, 7) is 0. The third-order valence-electron chi connectivity index (χ3n) is 9.38. The molecule has 2 heteroatoms. The van der Waals surface area contributed by atoms with Gasteiger partial charge in [-0.05, 0) is 75.7 Å². The third kappa shape index (κ3) is 4.83. The Bertz CT molecular complexity index is 2430. The molecule has 9 rings (SSSR count). The zero-order valence-electron chi connectivity index (χ0n) is 26.4. The highest BCUT2D eigenvalue weighted by molar-refractivity contribution is 6.09. The summed E-state index contributed by atoms with van der Waals surface area (Å²) in [6.07, 6.45) is 2.33. The van der Waals surface area contributed by atoms with Crippen LogP contribution in [0.4, 0.5) is 17.1 Å². The molecule has 0 fully saturated rings. The highest BCUT2D eigenvalue weighted by Gasteiger charge is 2.19. The number of aromatic nitrogens is 1. The lowest BCUT2D eigenvalue weighted by Crippen LogP contribution is -2.10. The summed E-state index contributed by atoms with van der Waals surface area (Å²) in [7, 11) is 0. The van der Waals surface area contributed by atoms with Crippen LogP contribution in [0.15, 0.2) is 194 Å². The number of para-hydroxylation sites is 1. The van der Waals surface area contributed by atoms with Crippen molar-refractivity contribution >= 4 is 44.3 Å². The van der Waals surface area contributed by atoms with Crippen molar-refractivity contribution in [1.29, 1.82) is 0 Å². The summed E-state index contributed by atoms with van der Waals surface area (Å²) in [5.74, 6) is 0. The zero-order chi connectivity index (χ0) is 31.9. The molecule has 0 spiro atoms. The van der Waals surface area contributed by atoms with Gasteiger partial charge in [0.1, 0.15) is 0 Å². The minimum absolute atomic E-state index is 1.11.